The van der Waals surface area contributed by atoms with E-state index in [1.807, 2.05) is 26.0 Å². The first-order chi connectivity index (χ1) is 8.75. The Morgan fingerprint density at radius 2 is 1.89 bits per heavy atom. The first kappa shape index (κ1) is 13.4. The van der Waals surface area contributed by atoms with Crippen LogP contribution in [0, 0.1) is 13.8 Å². The third-order valence-electron chi connectivity index (χ3n) is 3.61. The highest BCUT2D eigenvalue weighted by Gasteiger charge is 2.41. The van der Waals surface area contributed by atoms with Crippen LogP contribution in [0.5, 0.6) is 0 Å². The summed E-state index contributed by atoms with van der Waals surface area (Å²) in [6, 6.07) is 3.81. The molecule has 2 rings (SSSR count). The molecule has 0 unspecified atom stereocenters. The van der Waals surface area contributed by atoms with E-state index in [0.29, 0.717) is 5.69 Å². The maximum absolute atomic E-state index is 12.1. The molecule has 0 radical (unpaired) electrons. The van der Waals surface area contributed by atoms with Gasteiger partial charge >= 0.3 is 5.97 Å². The Labute approximate surface area is 112 Å². The molecule has 0 bridgehead atoms. The molecule has 5 nitrogen and oxygen atoms in total. The molecule has 1 aromatic rings. The van der Waals surface area contributed by atoms with Gasteiger partial charge in [-0.25, -0.2) is 4.79 Å². The number of amides is 1. The molecule has 0 atom stereocenters. The number of rotatable bonds is 2. The molecular weight excluding hydrogens is 244 g/mol. The lowest BCUT2D eigenvalue weighted by molar-refractivity contribution is -0.143. The Balaban J connectivity index is 2.61. The SMILES string of the molecule is Cc1cc2c(cc1C)N(C(C)(C)C(=O)O)C(=O)CN2. The minimum Gasteiger partial charge on any atom is -0.480 e. The van der Waals surface area contributed by atoms with Gasteiger partial charge in [0.05, 0.1) is 17.9 Å². The highest BCUT2D eigenvalue weighted by atomic mass is 16.4. The van der Waals surface area contributed by atoms with Crippen LogP contribution in [0.1, 0.15) is 25.0 Å². The fourth-order valence-corrected chi connectivity index (χ4v) is 2.22. The van der Waals surface area contributed by atoms with Gasteiger partial charge in [0.15, 0.2) is 0 Å². The zero-order chi connectivity index (χ0) is 14.4. The lowest BCUT2D eigenvalue weighted by Crippen LogP contribution is -2.56. The zero-order valence-corrected chi connectivity index (χ0v) is 11.6. The third-order valence-corrected chi connectivity index (χ3v) is 3.61. The molecule has 1 heterocycles. The number of hydrogen-bond acceptors (Lipinski definition) is 3. The molecule has 1 aliphatic rings. The van der Waals surface area contributed by atoms with E-state index in [2.05, 4.69) is 5.32 Å². The molecule has 1 amide bonds. The number of benzene rings is 1. The van der Waals surface area contributed by atoms with Gasteiger partial charge in [-0.05, 0) is 51.0 Å². The minimum absolute atomic E-state index is 0.117. The monoisotopic (exact) mass is 262 g/mol. The van der Waals surface area contributed by atoms with Crippen LogP contribution in [-0.2, 0) is 9.59 Å². The summed E-state index contributed by atoms with van der Waals surface area (Å²) in [5.74, 6) is -1.25. The fourth-order valence-electron chi connectivity index (χ4n) is 2.22. The van der Waals surface area contributed by atoms with Gasteiger partial charge in [-0.1, -0.05) is 0 Å². The zero-order valence-electron chi connectivity index (χ0n) is 11.6. The highest BCUT2D eigenvalue weighted by Crippen LogP contribution is 2.36. The van der Waals surface area contributed by atoms with E-state index in [9.17, 15) is 14.7 Å². The summed E-state index contributed by atoms with van der Waals surface area (Å²) in [6.45, 7) is 7.13. The average molecular weight is 262 g/mol. The van der Waals surface area contributed by atoms with Gasteiger partial charge in [0.25, 0.3) is 0 Å². The van der Waals surface area contributed by atoms with Crippen LogP contribution in [0.25, 0.3) is 0 Å². The Hall–Kier alpha value is -2.04. The van der Waals surface area contributed by atoms with E-state index in [4.69, 9.17) is 0 Å². The van der Waals surface area contributed by atoms with Gasteiger partial charge < -0.3 is 10.4 Å². The smallest absolute Gasteiger partial charge is 0.329 e. The van der Waals surface area contributed by atoms with Crippen molar-refractivity contribution in [3.63, 3.8) is 0 Å². The maximum atomic E-state index is 12.1. The number of carbonyl (C=O) groups excluding carboxylic acids is 1. The van der Waals surface area contributed by atoms with E-state index in [0.717, 1.165) is 16.8 Å². The normalized spacial score (nSPS) is 14.9. The third kappa shape index (κ3) is 2.05. The number of hydrogen-bond donors (Lipinski definition) is 2. The van der Waals surface area contributed by atoms with Crippen LogP contribution in [-0.4, -0.2) is 29.1 Å². The standard InChI is InChI=1S/C14H18N2O3/c1-8-5-10-11(6-9(8)2)16(12(17)7-15-10)14(3,4)13(18)19/h5-6,15H,7H2,1-4H3,(H,18,19). The predicted molar refractivity (Wildman–Crippen MR) is 73.6 cm³/mol. The average Bonchev–Trinajstić information content (AvgIpc) is 2.30. The van der Waals surface area contributed by atoms with E-state index < -0.39 is 11.5 Å². The molecule has 1 aromatic carbocycles. The van der Waals surface area contributed by atoms with Crippen molar-refractivity contribution in [1.29, 1.82) is 0 Å². The van der Waals surface area contributed by atoms with Crippen molar-refractivity contribution >= 4 is 23.3 Å². The number of nitrogens with one attached hydrogen (secondary N) is 1. The number of fused-ring (bicyclic) bond motifs is 1. The molecule has 1 aliphatic heterocycles. The lowest BCUT2D eigenvalue weighted by atomic mass is 9.97. The summed E-state index contributed by atoms with van der Waals surface area (Å²) in [6.07, 6.45) is 0. The molecule has 0 aliphatic carbocycles. The van der Waals surface area contributed by atoms with Gasteiger partial charge in [0, 0.05) is 0 Å². The second-order valence-corrected chi connectivity index (χ2v) is 5.40. The van der Waals surface area contributed by atoms with Crippen molar-refractivity contribution in [3.8, 4) is 0 Å². The van der Waals surface area contributed by atoms with Crippen molar-refractivity contribution in [1.82, 2.24) is 0 Å². The second-order valence-electron chi connectivity index (χ2n) is 5.40. The summed E-state index contributed by atoms with van der Waals surface area (Å²) >= 11 is 0. The highest BCUT2D eigenvalue weighted by molar-refractivity contribution is 6.08. The number of carbonyl (C=O) groups is 2. The van der Waals surface area contributed by atoms with Crippen LogP contribution in [0.2, 0.25) is 0 Å². The first-order valence-corrected chi connectivity index (χ1v) is 6.16. The Morgan fingerprint density at radius 3 is 2.47 bits per heavy atom. The maximum Gasteiger partial charge on any atom is 0.329 e. The topological polar surface area (TPSA) is 69.6 Å². The molecular formula is C14H18N2O3. The van der Waals surface area contributed by atoms with Crippen LogP contribution >= 0.6 is 0 Å². The van der Waals surface area contributed by atoms with E-state index in [1.54, 1.807) is 0 Å². The molecule has 0 spiro atoms. The van der Waals surface area contributed by atoms with Crippen molar-refractivity contribution in [3.05, 3.63) is 23.3 Å². The quantitative estimate of drug-likeness (QED) is 0.854. The van der Waals surface area contributed by atoms with Crippen LogP contribution in [0.15, 0.2) is 12.1 Å². The summed E-state index contributed by atoms with van der Waals surface area (Å²) < 4.78 is 0. The fraction of sp³-hybridized carbons (Fsp3) is 0.429. The van der Waals surface area contributed by atoms with Gasteiger partial charge in [-0.2, -0.15) is 0 Å². The van der Waals surface area contributed by atoms with Gasteiger partial charge in [0.1, 0.15) is 5.54 Å². The Kier molecular flexibility index (Phi) is 3.00. The summed E-state index contributed by atoms with van der Waals surface area (Å²) in [7, 11) is 0. The van der Waals surface area contributed by atoms with Crippen molar-refractivity contribution in [2.75, 3.05) is 16.8 Å². The molecule has 102 valence electrons. The second kappa shape index (κ2) is 4.26. The molecule has 2 N–H and O–H groups in total. The number of carboxylic acids is 1. The number of anilines is 2. The molecule has 5 heteroatoms. The van der Waals surface area contributed by atoms with Crippen LogP contribution in [0.4, 0.5) is 11.4 Å². The largest absolute Gasteiger partial charge is 0.480 e. The minimum atomic E-state index is -1.27. The summed E-state index contributed by atoms with van der Waals surface area (Å²) in [4.78, 5) is 24.9. The van der Waals surface area contributed by atoms with E-state index in [-0.39, 0.29) is 12.5 Å². The number of aliphatic carboxylic acids is 1. The van der Waals surface area contributed by atoms with Gasteiger partial charge in [-0.3, -0.25) is 9.69 Å². The molecule has 0 aromatic heterocycles. The first-order valence-electron chi connectivity index (χ1n) is 6.16. The molecule has 0 saturated heterocycles. The summed E-state index contributed by atoms with van der Waals surface area (Å²) in [5, 5.41) is 12.4. The van der Waals surface area contributed by atoms with Crippen molar-refractivity contribution < 1.29 is 14.7 Å². The van der Waals surface area contributed by atoms with Crippen molar-refractivity contribution in [2.45, 2.75) is 33.2 Å². The number of aryl methyl sites for hydroxylation is 2. The van der Waals surface area contributed by atoms with E-state index in [1.165, 1.54) is 18.7 Å². The molecule has 19 heavy (non-hydrogen) atoms. The molecule has 0 fully saturated rings. The van der Waals surface area contributed by atoms with E-state index >= 15 is 0 Å². The van der Waals surface area contributed by atoms with Gasteiger partial charge in [0.2, 0.25) is 5.91 Å². The van der Waals surface area contributed by atoms with Gasteiger partial charge in [-0.15, -0.1) is 0 Å². The summed E-state index contributed by atoms with van der Waals surface area (Å²) in [5.41, 5.74) is 2.30. The van der Waals surface area contributed by atoms with Crippen LogP contribution in [0.3, 0.4) is 0 Å². The Bertz CT molecular complexity index is 564. The van der Waals surface area contributed by atoms with Crippen molar-refractivity contribution in [2.24, 2.45) is 0 Å². The molecule has 0 saturated carbocycles. The number of carboxylic acid groups (broad SMARTS) is 1. The lowest BCUT2D eigenvalue weighted by Gasteiger charge is -2.39. The predicted octanol–water partition coefficient (Wildman–Crippen LogP) is 1.93. The Morgan fingerprint density at radius 1 is 1.32 bits per heavy atom. The number of nitrogens with zero attached hydrogens (tertiary/aromatic N) is 1. The van der Waals surface area contributed by atoms with Crippen LogP contribution < -0.4 is 10.2 Å².